The van der Waals surface area contributed by atoms with E-state index in [2.05, 4.69) is 15.3 Å². The van der Waals surface area contributed by atoms with Crippen molar-refractivity contribution in [3.63, 3.8) is 0 Å². The second-order valence-corrected chi connectivity index (χ2v) is 7.57. The lowest BCUT2D eigenvalue weighted by Crippen LogP contribution is -2.22. The number of carbonyl (C=O) groups is 2. The highest BCUT2D eigenvalue weighted by Gasteiger charge is 2.18. The number of carbonyl (C=O) groups excluding carboxylic acids is 2. The summed E-state index contributed by atoms with van der Waals surface area (Å²) in [6.07, 6.45) is 1.39. The Morgan fingerprint density at radius 2 is 1.93 bits per heavy atom. The number of halogens is 2. The van der Waals surface area contributed by atoms with Crippen LogP contribution >= 0.6 is 23.2 Å². The van der Waals surface area contributed by atoms with Crippen molar-refractivity contribution in [3.8, 4) is 0 Å². The van der Waals surface area contributed by atoms with E-state index in [9.17, 15) is 9.59 Å². The number of nitrogens with zero attached hydrogens (tertiary/aromatic N) is 2. The Balaban J connectivity index is 1.76. The van der Waals surface area contributed by atoms with Gasteiger partial charge in [0.1, 0.15) is 0 Å². The van der Waals surface area contributed by atoms with Crippen LogP contribution in [0.1, 0.15) is 41.4 Å². The maximum atomic E-state index is 12.7. The van der Waals surface area contributed by atoms with Crippen LogP contribution in [0.4, 0.5) is 5.82 Å². The van der Waals surface area contributed by atoms with E-state index >= 15 is 0 Å². The molecular formula is C21H19Cl2N3O3. The third kappa shape index (κ3) is 4.66. The highest BCUT2D eigenvalue weighted by Crippen LogP contribution is 2.28. The van der Waals surface area contributed by atoms with E-state index in [-0.39, 0.29) is 16.8 Å². The van der Waals surface area contributed by atoms with Crippen molar-refractivity contribution in [2.24, 2.45) is 0 Å². The maximum absolute atomic E-state index is 12.7. The molecule has 0 saturated carbocycles. The van der Waals surface area contributed by atoms with E-state index in [1.165, 1.54) is 6.20 Å². The molecule has 0 radical (unpaired) electrons. The first-order chi connectivity index (χ1) is 13.8. The van der Waals surface area contributed by atoms with Gasteiger partial charge in [0.25, 0.3) is 5.91 Å². The summed E-state index contributed by atoms with van der Waals surface area (Å²) in [7, 11) is 0. The molecule has 0 fully saturated rings. The monoisotopic (exact) mass is 431 g/mol. The molecule has 0 saturated heterocycles. The minimum atomic E-state index is -0.605. The van der Waals surface area contributed by atoms with E-state index in [0.717, 1.165) is 5.69 Å². The number of para-hydroxylation sites is 1. The number of hydrogen-bond acceptors (Lipinski definition) is 5. The highest BCUT2D eigenvalue weighted by atomic mass is 35.5. The van der Waals surface area contributed by atoms with E-state index in [0.29, 0.717) is 27.1 Å². The van der Waals surface area contributed by atoms with Crippen molar-refractivity contribution in [2.45, 2.75) is 26.7 Å². The smallest absolute Gasteiger partial charge is 0.339 e. The first-order valence-corrected chi connectivity index (χ1v) is 9.70. The summed E-state index contributed by atoms with van der Waals surface area (Å²) in [6.45, 7) is 5.21. The van der Waals surface area contributed by atoms with Gasteiger partial charge in [0.15, 0.2) is 12.4 Å². The summed E-state index contributed by atoms with van der Waals surface area (Å²) in [6, 6.07) is 9.00. The van der Waals surface area contributed by atoms with E-state index < -0.39 is 18.5 Å². The second kappa shape index (κ2) is 8.76. The van der Waals surface area contributed by atoms with Gasteiger partial charge in [0, 0.05) is 17.3 Å². The number of rotatable bonds is 5. The highest BCUT2D eigenvalue weighted by molar-refractivity contribution is 6.37. The molecule has 3 aromatic rings. The fourth-order valence-corrected chi connectivity index (χ4v) is 3.07. The van der Waals surface area contributed by atoms with Crippen LogP contribution in [-0.4, -0.2) is 28.5 Å². The molecule has 8 heteroatoms. The number of benzene rings is 1. The van der Waals surface area contributed by atoms with Gasteiger partial charge in [-0.3, -0.25) is 9.78 Å². The standard InChI is InChI=1S/C21H19Cl2N3O3/c1-11(2)17-8-14(13-6-4-5-7-16(13)25-17)21(28)29-10-18(27)26-20-19(23)12(3)15(22)9-24-20/h4-9,11H,10H2,1-3H3,(H,24,26,27). The van der Waals surface area contributed by atoms with E-state index in [1.807, 2.05) is 32.0 Å². The number of ether oxygens (including phenoxy) is 1. The Bertz CT molecular complexity index is 1100. The SMILES string of the molecule is Cc1c(Cl)cnc(NC(=O)COC(=O)c2cc(C(C)C)nc3ccccc23)c1Cl. The van der Waals surface area contributed by atoms with Gasteiger partial charge >= 0.3 is 5.97 Å². The maximum Gasteiger partial charge on any atom is 0.339 e. The topological polar surface area (TPSA) is 81.2 Å². The molecule has 0 atom stereocenters. The molecule has 3 rings (SSSR count). The molecule has 0 bridgehead atoms. The van der Waals surface area contributed by atoms with Crippen LogP contribution in [0.2, 0.25) is 10.0 Å². The third-order valence-corrected chi connectivity index (χ3v) is 5.19. The van der Waals surface area contributed by atoms with Gasteiger partial charge < -0.3 is 10.1 Å². The average Bonchev–Trinajstić information content (AvgIpc) is 2.71. The van der Waals surface area contributed by atoms with Gasteiger partial charge in [-0.05, 0) is 30.5 Å². The molecule has 6 nitrogen and oxygen atoms in total. The molecule has 0 unspecified atom stereocenters. The zero-order chi connectivity index (χ0) is 21.1. The lowest BCUT2D eigenvalue weighted by atomic mass is 10.0. The minimum Gasteiger partial charge on any atom is -0.452 e. The van der Waals surface area contributed by atoms with E-state index in [1.54, 1.807) is 19.1 Å². The Kier molecular flexibility index (Phi) is 6.35. The number of esters is 1. The minimum absolute atomic E-state index is 0.135. The summed E-state index contributed by atoms with van der Waals surface area (Å²) >= 11 is 12.1. The Hall–Kier alpha value is -2.70. The zero-order valence-electron chi connectivity index (χ0n) is 16.1. The number of nitrogens with one attached hydrogen (secondary N) is 1. The van der Waals surface area contributed by atoms with Gasteiger partial charge in [0.2, 0.25) is 0 Å². The van der Waals surface area contributed by atoms with Crippen LogP contribution in [0.15, 0.2) is 36.5 Å². The fraction of sp³-hybridized carbons (Fsp3) is 0.238. The first kappa shape index (κ1) is 21.0. The van der Waals surface area contributed by atoms with Gasteiger partial charge in [-0.1, -0.05) is 55.2 Å². The normalized spacial score (nSPS) is 11.0. The van der Waals surface area contributed by atoms with Crippen molar-refractivity contribution in [1.29, 1.82) is 0 Å². The summed E-state index contributed by atoms with van der Waals surface area (Å²) < 4.78 is 5.22. The van der Waals surface area contributed by atoms with Gasteiger partial charge in [-0.2, -0.15) is 0 Å². The summed E-state index contributed by atoms with van der Waals surface area (Å²) in [5.74, 6) is -0.870. The van der Waals surface area contributed by atoms with Gasteiger partial charge in [-0.15, -0.1) is 0 Å². The molecule has 0 aliphatic heterocycles. The molecule has 1 N–H and O–H groups in total. The lowest BCUT2D eigenvalue weighted by molar-refractivity contribution is -0.119. The molecule has 1 amide bonds. The Morgan fingerprint density at radius 1 is 1.21 bits per heavy atom. The van der Waals surface area contributed by atoms with E-state index in [4.69, 9.17) is 27.9 Å². The third-order valence-electron chi connectivity index (χ3n) is 4.34. The number of aromatic nitrogens is 2. The largest absolute Gasteiger partial charge is 0.452 e. The van der Waals surface area contributed by atoms with Gasteiger partial charge in [0.05, 0.1) is 21.1 Å². The lowest BCUT2D eigenvalue weighted by Gasteiger charge is -2.12. The predicted molar refractivity (Wildman–Crippen MR) is 114 cm³/mol. The summed E-state index contributed by atoms with van der Waals surface area (Å²) in [5, 5.41) is 3.82. The van der Waals surface area contributed by atoms with Crippen LogP contribution in [0, 0.1) is 6.92 Å². The van der Waals surface area contributed by atoms with Crippen molar-refractivity contribution in [2.75, 3.05) is 11.9 Å². The Labute approximate surface area is 178 Å². The first-order valence-electron chi connectivity index (χ1n) is 8.95. The van der Waals surface area contributed by atoms with Crippen molar-refractivity contribution < 1.29 is 14.3 Å². The van der Waals surface area contributed by atoms with Gasteiger partial charge in [-0.25, -0.2) is 9.78 Å². The molecule has 1 aromatic carbocycles. The number of amides is 1. The number of anilines is 1. The molecule has 2 aromatic heterocycles. The fourth-order valence-electron chi connectivity index (χ4n) is 2.68. The van der Waals surface area contributed by atoms with Crippen molar-refractivity contribution in [1.82, 2.24) is 9.97 Å². The molecular weight excluding hydrogens is 413 g/mol. The summed E-state index contributed by atoms with van der Waals surface area (Å²) in [5.41, 5.74) is 2.43. The second-order valence-electron chi connectivity index (χ2n) is 6.78. The predicted octanol–water partition coefficient (Wildman–Crippen LogP) is 5.16. The van der Waals surface area contributed by atoms with Crippen molar-refractivity contribution in [3.05, 3.63) is 63.4 Å². The summed E-state index contributed by atoms with van der Waals surface area (Å²) in [4.78, 5) is 33.4. The van der Waals surface area contributed by atoms with Crippen LogP contribution in [0.3, 0.4) is 0 Å². The van der Waals surface area contributed by atoms with Crippen LogP contribution < -0.4 is 5.32 Å². The van der Waals surface area contributed by atoms with Crippen LogP contribution in [0.25, 0.3) is 10.9 Å². The van der Waals surface area contributed by atoms with Crippen LogP contribution in [0.5, 0.6) is 0 Å². The van der Waals surface area contributed by atoms with Crippen LogP contribution in [-0.2, 0) is 9.53 Å². The molecule has 0 spiro atoms. The molecule has 0 aliphatic carbocycles. The zero-order valence-corrected chi connectivity index (χ0v) is 17.6. The molecule has 150 valence electrons. The Morgan fingerprint density at radius 3 is 2.66 bits per heavy atom. The molecule has 29 heavy (non-hydrogen) atoms. The quantitative estimate of drug-likeness (QED) is 0.563. The number of pyridine rings is 2. The number of hydrogen-bond donors (Lipinski definition) is 1. The average molecular weight is 432 g/mol. The van der Waals surface area contributed by atoms with Crippen molar-refractivity contribution >= 4 is 51.8 Å². The number of fused-ring (bicyclic) bond motifs is 1. The molecule has 0 aliphatic rings. The molecule has 2 heterocycles.